The lowest BCUT2D eigenvalue weighted by Crippen LogP contribution is -2.39. The Kier molecular flexibility index (Phi) is 4.19. The number of carbonyl (C=O) groups excluding carboxylic acids is 1. The summed E-state index contributed by atoms with van der Waals surface area (Å²) < 4.78 is 22.6. The van der Waals surface area contributed by atoms with Crippen LogP contribution >= 0.6 is 0 Å². The van der Waals surface area contributed by atoms with Gasteiger partial charge in [-0.25, -0.2) is 8.42 Å². The van der Waals surface area contributed by atoms with E-state index in [4.69, 9.17) is 5.53 Å². The van der Waals surface area contributed by atoms with Crippen molar-refractivity contribution in [3.05, 3.63) is 5.53 Å². The summed E-state index contributed by atoms with van der Waals surface area (Å²) in [7, 11) is -3.49. The van der Waals surface area contributed by atoms with E-state index >= 15 is 0 Å². The Bertz CT molecular complexity index is 423. The molecule has 92 valence electrons. The first-order valence-corrected chi connectivity index (χ1v) is 6.53. The molecule has 5 nitrogen and oxygen atoms in total. The summed E-state index contributed by atoms with van der Waals surface area (Å²) >= 11 is 0. The van der Waals surface area contributed by atoms with Crippen LogP contribution in [0.1, 0.15) is 34.6 Å². The fourth-order valence-corrected chi connectivity index (χ4v) is 1.94. The first kappa shape index (κ1) is 15.0. The summed E-state index contributed by atoms with van der Waals surface area (Å²) in [5.41, 5.74) is 7.30. The van der Waals surface area contributed by atoms with Gasteiger partial charge in [0.15, 0.2) is 15.6 Å². The van der Waals surface area contributed by atoms with Gasteiger partial charge in [-0.15, -0.1) is 0 Å². The van der Waals surface area contributed by atoms with Gasteiger partial charge in [0.25, 0.3) is 6.21 Å². The Hall–Kier alpha value is -1.00. The van der Waals surface area contributed by atoms with Crippen LogP contribution < -0.4 is 0 Å². The highest BCUT2D eigenvalue weighted by Crippen LogP contribution is 2.20. The van der Waals surface area contributed by atoms with E-state index in [2.05, 4.69) is 4.79 Å². The molecule has 0 N–H and O–H groups in total. The first-order valence-electron chi connectivity index (χ1n) is 4.88. The second kappa shape index (κ2) is 4.47. The van der Waals surface area contributed by atoms with Gasteiger partial charge in [-0.05, 0) is 34.6 Å². The molecule has 0 aromatic rings. The van der Waals surface area contributed by atoms with E-state index in [9.17, 15) is 13.2 Å². The van der Waals surface area contributed by atoms with Crippen molar-refractivity contribution in [3.8, 4) is 0 Å². The largest absolute Gasteiger partial charge is 0.362 e. The average molecular weight is 246 g/mol. The van der Waals surface area contributed by atoms with Crippen molar-refractivity contribution in [2.45, 2.75) is 39.4 Å². The van der Waals surface area contributed by atoms with Gasteiger partial charge in [0, 0.05) is 0 Å². The van der Waals surface area contributed by atoms with Crippen molar-refractivity contribution in [1.82, 2.24) is 0 Å². The minimum absolute atomic E-state index is 0.486. The van der Waals surface area contributed by atoms with Gasteiger partial charge in [0.1, 0.15) is 11.2 Å². The lowest BCUT2D eigenvalue weighted by atomic mass is 9.91. The highest BCUT2D eigenvalue weighted by atomic mass is 32.2. The third-order valence-electron chi connectivity index (χ3n) is 2.35. The number of rotatable bonds is 4. The number of hydrogen-bond acceptors (Lipinski definition) is 3. The van der Waals surface area contributed by atoms with Gasteiger partial charge in [-0.1, -0.05) is 0 Å². The second-order valence-electron chi connectivity index (χ2n) is 5.26. The summed E-state index contributed by atoms with van der Waals surface area (Å²) in [4.78, 5) is 14.5. The number of hydrogen-bond donors (Lipinski definition) is 0. The van der Waals surface area contributed by atoms with Gasteiger partial charge in [-0.3, -0.25) is 4.79 Å². The van der Waals surface area contributed by atoms with Crippen molar-refractivity contribution in [2.75, 3.05) is 5.75 Å². The molecule has 0 radical (unpaired) electrons. The summed E-state index contributed by atoms with van der Waals surface area (Å²) in [5, 5.41) is 0. The Morgan fingerprint density at radius 1 is 1.25 bits per heavy atom. The zero-order chi connectivity index (χ0) is 13.2. The minimum Gasteiger partial charge on any atom is -0.362 e. The van der Waals surface area contributed by atoms with Crippen molar-refractivity contribution < 1.29 is 18.0 Å². The SMILES string of the molecule is CC(C)(C=[N+]=[N-])C(=O)CS(=O)(=O)C(C)(C)C. The Labute approximate surface area is 96.4 Å². The summed E-state index contributed by atoms with van der Waals surface area (Å²) in [6, 6.07) is 0. The summed E-state index contributed by atoms with van der Waals surface area (Å²) in [5.74, 6) is -1.03. The van der Waals surface area contributed by atoms with E-state index in [-0.39, 0.29) is 0 Å². The predicted octanol–water partition coefficient (Wildman–Crippen LogP) is 1.10. The Balaban J connectivity index is 5.06. The predicted molar refractivity (Wildman–Crippen MR) is 62.0 cm³/mol. The van der Waals surface area contributed by atoms with Crippen LogP contribution in [0.3, 0.4) is 0 Å². The monoisotopic (exact) mass is 246 g/mol. The van der Waals surface area contributed by atoms with Crippen LogP contribution in [0, 0.1) is 5.41 Å². The van der Waals surface area contributed by atoms with E-state index in [1.165, 1.54) is 13.8 Å². The van der Waals surface area contributed by atoms with Crippen molar-refractivity contribution in [1.29, 1.82) is 0 Å². The number of Topliss-reactive ketones (excluding diaryl/α,β-unsaturated/α-hetero) is 1. The van der Waals surface area contributed by atoms with E-state index in [0.717, 1.165) is 6.21 Å². The molecule has 0 amide bonds. The van der Waals surface area contributed by atoms with E-state index in [1.54, 1.807) is 20.8 Å². The van der Waals surface area contributed by atoms with Gasteiger partial charge in [0.05, 0.1) is 4.75 Å². The molecule has 0 bridgehead atoms. The fraction of sp³-hybridized carbons (Fsp3) is 0.800. The van der Waals surface area contributed by atoms with Crippen LogP contribution in [-0.4, -0.2) is 35.7 Å². The molecule has 0 aliphatic heterocycles. The molecular formula is C10H18N2O3S. The van der Waals surface area contributed by atoms with Crippen LogP contribution in [-0.2, 0) is 14.6 Å². The standard InChI is InChI=1S/C10H18N2O3S/c1-9(2,3)16(14,15)6-8(13)10(4,5)7-12-11/h7H,6H2,1-5H3. The summed E-state index contributed by atoms with van der Waals surface area (Å²) in [6.07, 6.45) is 1.04. The van der Waals surface area contributed by atoms with Crippen LogP contribution in [0.25, 0.3) is 5.53 Å². The molecule has 0 rings (SSSR count). The van der Waals surface area contributed by atoms with E-state index < -0.39 is 31.5 Å². The van der Waals surface area contributed by atoms with E-state index in [1.807, 2.05) is 0 Å². The van der Waals surface area contributed by atoms with Crippen LogP contribution in [0.4, 0.5) is 0 Å². The van der Waals surface area contributed by atoms with Gasteiger partial charge in [-0.2, -0.15) is 4.79 Å². The third kappa shape index (κ3) is 3.54. The maximum atomic E-state index is 11.8. The average Bonchev–Trinajstić information content (AvgIpc) is 2.00. The topological polar surface area (TPSA) is 87.6 Å². The third-order valence-corrected chi connectivity index (χ3v) is 4.86. The normalized spacial score (nSPS) is 13.1. The Morgan fingerprint density at radius 2 is 1.69 bits per heavy atom. The molecule has 0 aromatic carbocycles. The molecule has 0 unspecified atom stereocenters. The molecule has 0 heterocycles. The van der Waals surface area contributed by atoms with Crippen molar-refractivity contribution in [3.63, 3.8) is 0 Å². The Morgan fingerprint density at radius 3 is 2.00 bits per heavy atom. The number of carbonyl (C=O) groups is 1. The zero-order valence-electron chi connectivity index (χ0n) is 10.3. The molecule has 0 spiro atoms. The lowest BCUT2D eigenvalue weighted by Gasteiger charge is -2.21. The lowest BCUT2D eigenvalue weighted by molar-refractivity contribution is -0.122. The summed E-state index contributed by atoms with van der Waals surface area (Å²) in [6.45, 7) is 7.65. The maximum Gasteiger partial charge on any atom is 0.270 e. The van der Waals surface area contributed by atoms with Crippen molar-refractivity contribution >= 4 is 21.8 Å². The van der Waals surface area contributed by atoms with Gasteiger partial charge in [0.2, 0.25) is 0 Å². The molecule has 0 aliphatic rings. The number of nitrogens with zero attached hydrogens (tertiary/aromatic N) is 2. The van der Waals surface area contributed by atoms with Crippen LogP contribution in [0.2, 0.25) is 0 Å². The van der Waals surface area contributed by atoms with Crippen LogP contribution in [0.15, 0.2) is 0 Å². The number of ketones is 1. The zero-order valence-corrected chi connectivity index (χ0v) is 11.1. The molecule has 0 aliphatic carbocycles. The highest BCUT2D eigenvalue weighted by molar-refractivity contribution is 7.93. The molecule has 16 heavy (non-hydrogen) atoms. The molecule has 0 atom stereocenters. The molecule has 0 aromatic heterocycles. The molecule has 6 heteroatoms. The second-order valence-corrected chi connectivity index (χ2v) is 8.00. The van der Waals surface area contributed by atoms with Gasteiger partial charge < -0.3 is 5.53 Å². The fourth-order valence-electron chi connectivity index (χ4n) is 0.791. The smallest absolute Gasteiger partial charge is 0.270 e. The molecule has 0 saturated carbocycles. The molecule has 0 fully saturated rings. The van der Waals surface area contributed by atoms with Crippen LogP contribution in [0.5, 0.6) is 0 Å². The van der Waals surface area contributed by atoms with Gasteiger partial charge >= 0.3 is 0 Å². The molecule has 0 saturated heterocycles. The highest BCUT2D eigenvalue weighted by Gasteiger charge is 2.38. The number of sulfone groups is 1. The maximum absolute atomic E-state index is 11.8. The minimum atomic E-state index is -3.49. The first-order chi connectivity index (χ1) is 6.94. The molecular weight excluding hydrogens is 228 g/mol. The quantitative estimate of drug-likeness (QED) is 0.422. The van der Waals surface area contributed by atoms with E-state index in [0.29, 0.717) is 0 Å². The van der Waals surface area contributed by atoms with Crippen molar-refractivity contribution in [2.24, 2.45) is 5.41 Å².